The molecule has 2 aromatic carbocycles. The number of nitrogens with one attached hydrogen (secondary N) is 2. The molecule has 3 rings (SSSR count). The number of pyridine rings is 1. The summed E-state index contributed by atoms with van der Waals surface area (Å²) in [6, 6.07) is 17.5. The van der Waals surface area contributed by atoms with Gasteiger partial charge in [0.25, 0.3) is 5.91 Å². The molecule has 0 aliphatic heterocycles. The molecule has 2 amide bonds. The van der Waals surface area contributed by atoms with E-state index in [1.54, 1.807) is 67.0 Å². The number of amides is 2. The number of ether oxygens (including phenoxy) is 1. The summed E-state index contributed by atoms with van der Waals surface area (Å²) in [6.07, 6.45) is 2.82. The van der Waals surface area contributed by atoms with Gasteiger partial charge in [-0.15, -0.1) is 0 Å². The van der Waals surface area contributed by atoms with Gasteiger partial charge in [-0.1, -0.05) is 30.3 Å². The fourth-order valence-electron chi connectivity index (χ4n) is 2.43. The second-order valence-electron chi connectivity index (χ2n) is 6.03. The predicted octanol–water partition coefficient (Wildman–Crippen LogP) is 3.34. The van der Waals surface area contributed by atoms with Crippen molar-refractivity contribution < 1.29 is 14.3 Å². The molecule has 0 spiro atoms. The van der Waals surface area contributed by atoms with Crippen LogP contribution >= 0.6 is 0 Å². The Morgan fingerprint density at radius 2 is 1.75 bits per heavy atom. The SMILES string of the molecule is Nc1ccccc1NC(=O)c1ccc(COC(=O)NCc2cccnc2)cc1. The van der Waals surface area contributed by atoms with Gasteiger partial charge >= 0.3 is 6.09 Å². The second-order valence-corrected chi connectivity index (χ2v) is 6.03. The molecule has 4 N–H and O–H groups in total. The number of carbonyl (C=O) groups is 2. The molecule has 0 atom stereocenters. The van der Waals surface area contributed by atoms with Crippen molar-refractivity contribution in [3.8, 4) is 0 Å². The molecule has 7 heteroatoms. The Morgan fingerprint density at radius 3 is 2.46 bits per heavy atom. The van der Waals surface area contributed by atoms with Gasteiger partial charge in [0.15, 0.2) is 0 Å². The van der Waals surface area contributed by atoms with Crippen molar-refractivity contribution in [3.63, 3.8) is 0 Å². The highest BCUT2D eigenvalue weighted by Crippen LogP contribution is 2.18. The Morgan fingerprint density at radius 1 is 0.964 bits per heavy atom. The maximum absolute atomic E-state index is 12.3. The fraction of sp³-hybridized carbons (Fsp3) is 0.0952. The summed E-state index contributed by atoms with van der Waals surface area (Å²) in [5.41, 5.74) is 9.02. The number of nitrogens with two attached hydrogens (primary N) is 1. The highest BCUT2D eigenvalue weighted by atomic mass is 16.5. The predicted molar refractivity (Wildman–Crippen MR) is 107 cm³/mol. The molecular weight excluding hydrogens is 356 g/mol. The van der Waals surface area contributed by atoms with Crippen LogP contribution in [0.2, 0.25) is 0 Å². The first kappa shape index (κ1) is 18.9. The Bertz CT molecular complexity index is 943. The zero-order chi connectivity index (χ0) is 19.8. The van der Waals surface area contributed by atoms with Gasteiger partial charge in [0.2, 0.25) is 0 Å². The number of hydrogen-bond acceptors (Lipinski definition) is 5. The van der Waals surface area contributed by atoms with Gasteiger partial charge < -0.3 is 21.1 Å². The number of hydrogen-bond donors (Lipinski definition) is 3. The van der Waals surface area contributed by atoms with E-state index in [1.807, 2.05) is 6.07 Å². The molecule has 0 radical (unpaired) electrons. The van der Waals surface area contributed by atoms with Gasteiger partial charge in [-0.3, -0.25) is 9.78 Å². The number of alkyl carbamates (subject to hydrolysis) is 1. The van der Waals surface area contributed by atoms with E-state index >= 15 is 0 Å². The average Bonchev–Trinajstić information content (AvgIpc) is 2.73. The number of aromatic nitrogens is 1. The lowest BCUT2D eigenvalue weighted by Crippen LogP contribution is -2.23. The molecule has 0 saturated carbocycles. The van der Waals surface area contributed by atoms with Crippen LogP contribution in [0.3, 0.4) is 0 Å². The minimum Gasteiger partial charge on any atom is -0.445 e. The van der Waals surface area contributed by atoms with Crippen LogP contribution in [0.5, 0.6) is 0 Å². The number of para-hydroxylation sites is 2. The fourth-order valence-corrected chi connectivity index (χ4v) is 2.43. The molecule has 1 aromatic heterocycles. The maximum atomic E-state index is 12.3. The summed E-state index contributed by atoms with van der Waals surface area (Å²) in [6.45, 7) is 0.445. The van der Waals surface area contributed by atoms with E-state index in [0.29, 0.717) is 23.5 Å². The largest absolute Gasteiger partial charge is 0.445 e. The molecular formula is C21H20N4O3. The minimum absolute atomic E-state index is 0.104. The molecule has 0 unspecified atom stereocenters. The highest BCUT2D eigenvalue weighted by molar-refractivity contribution is 6.05. The first-order chi connectivity index (χ1) is 13.6. The molecule has 0 fully saturated rings. The number of benzene rings is 2. The van der Waals surface area contributed by atoms with Gasteiger partial charge in [0.1, 0.15) is 6.61 Å². The van der Waals surface area contributed by atoms with Crippen LogP contribution in [0.15, 0.2) is 73.1 Å². The summed E-state index contributed by atoms with van der Waals surface area (Å²) in [7, 11) is 0. The van der Waals surface area contributed by atoms with Crippen LogP contribution in [0, 0.1) is 0 Å². The third kappa shape index (κ3) is 5.31. The highest BCUT2D eigenvalue weighted by Gasteiger charge is 2.08. The van der Waals surface area contributed by atoms with E-state index in [9.17, 15) is 9.59 Å². The first-order valence-electron chi connectivity index (χ1n) is 8.66. The lowest BCUT2D eigenvalue weighted by Gasteiger charge is -2.09. The lowest BCUT2D eigenvalue weighted by molar-refractivity contribution is 0.102. The summed E-state index contributed by atoms with van der Waals surface area (Å²) in [5.74, 6) is -0.264. The standard InChI is InChI=1S/C21H20N4O3/c22-18-5-1-2-6-19(18)25-20(26)17-9-7-15(8-10-17)14-28-21(27)24-13-16-4-3-11-23-12-16/h1-12H,13-14,22H2,(H,24,27)(H,25,26). The molecule has 0 saturated heterocycles. The summed E-state index contributed by atoms with van der Waals surface area (Å²) < 4.78 is 5.17. The van der Waals surface area contributed by atoms with Crippen molar-refractivity contribution in [2.45, 2.75) is 13.2 Å². The van der Waals surface area contributed by atoms with Crippen LogP contribution in [0.1, 0.15) is 21.5 Å². The molecule has 0 bridgehead atoms. The van der Waals surface area contributed by atoms with Gasteiger partial charge in [-0.25, -0.2) is 4.79 Å². The van der Waals surface area contributed by atoms with E-state index in [-0.39, 0.29) is 12.5 Å². The van der Waals surface area contributed by atoms with Crippen LogP contribution in [0.25, 0.3) is 0 Å². The van der Waals surface area contributed by atoms with E-state index in [4.69, 9.17) is 10.5 Å². The van der Waals surface area contributed by atoms with Crippen LogP contribution in [-0.2, 0) is 17.9 Å². The van der Waals surface area contributed by atoms with Crippen LogP contribution in [-0.4, -0.2) is 17.0 Å². The molecule has 0 aliphatic rings. The zero-order valence-electron chi connectivity index (χ0n) is 15.1. The van der Waals surface area contributed by atoms with Crippen LogP contribution < -0.4 is 16.4 Å². The maximum Gasteiger partial charge on any atom is 0.407 e. The smallest absolute Gasteiger partial charge is 0.407 e. The number of anilines is 2. The van der Waals surface area contributed by atoms with Gasteiger partial charge in [0, 0.05) is 24.5 Å². The van der Waals surface area contributed by atoms with Crippen molar-refractivity contribution in [2.24, 2.45) is 0 Å². The number of carbonyl (C=O) groups excluding carboxylic acids is 2. The Kier molecular flexibility index (Phi) is 6.20. The van der Waals surface area contributed by atoms with Gasteiger partial charge in [-0.2, -0.15) is 0 Å². The van der Waals surface area contributed by atoms with E-state index < -0.39 is 6.09 Å². The topological polar surface area (TPSA) is 106 Å². The molecule has 142 valence electrons. The third-order valence-corrected chi connectivity index (χ3v) is 3.95. The molecule has 1 heterocycles. The number of rotatable bonds is 6. The Balaban J connectivity index is 1.48. The third-order valence-electron chi connectivity index (χ3n) is 3.95. The monoisotopic (exact) mass is 376 g/mol. The molecule has 0 aliphatic carbocycles. The van der Waals surface area contributed by atoms with Gasteiger partial charge in [0.05, 0.1) is 11.4 Å². The van der Waals surface area contributed by atoms with E-state index in [2.05, 4.69) is 15.6 Å². The van der Waals surface area contributed by atoms with Crippen molar-refractivity contribution in [1.29, 1.82) is 0 Å². The first-order valence-corrected chi connectivity index (χ1v) is 8.66. The van der Waals surface area contributed by atoms with Crippen molar-refractivity contribution in [2.75, 3.05) is 11.1 Å². The molecule has 28 heavy (non-hydrogen) atoms. The number of nitrogens with zero attached hydrogens (tertiary/aromatic N) is 1. The summed E-state index contributed by atoms with van der Waals surface area (Å²) in [4.78, 5) is 28.0. The Hall–Kier alpha value is -3.87. The lowest BCUT2D eigenvalue weighted by atomic mass is 10.1. The van der Waals surface area contributed by atoms with Gasteiger partial charge in [-0.05, 0) is 41.5 Å². The number of nitrogen functional groups attached to an aromatic ring is 1. The van der Waals surface area contributed by atoms with E-state index in [1.165, 1.54) is 0 Å². The normalized spacial score (nSPS) is 10.1. The Labute approximate surface area is 162 Å². The van der Waals surface area contributed by atoms with E-state index in [0.717, 1.165) is 11.1 Å². The minimum atomic E-state index is -0.523. The summed E-state index contributed by atoms with van der Waals surface area (Å²) >= 11 is 0. The average molecular weight is 376 g/mol. The summed E-state index contributed by atoms with van der Waals surface area (Å²) in [5, 5.41) is 5.42. The van der Waals surface area contributed by atoms with Crippen molar-refractivity contribution in [1.82, 2.24) is 10.3 Å². The quantitative estimate of drug-likeness (QED) is 0.572. The second kappa shape index (κ2) is 9.18. The van der Waals surface area contributed by atoms with Crippen LogP contribution in [0.4, 0.5) is 16.2 Å². The molecule has 7 nitrogen and oxygen atoms in total. The molecule has 3 aromatic rings. The zero-order valence-corrected chi connectivity index (χ0v) is 15.1. The van der Waals surface area contributed by atoms with Crippen molar-refractivity contribution >= 4 is 23.4 Å². The van der Waals surface area contributed by atoms with Crippen molar-refractivity contribution in [3.05, 3.63) is 89.7 Å².